The van der Waals surface area contributed by atoms with Gasteiger partial charge >= 0.3 is 6.18 Å². The van der Waals surface area contributed by atoms with E-state index in [1.807, 2.05) is 13.8 Å². The van der Waals surface area contributed by atoms with E-state index in [-0.39, 0.29) is 5.56 Å². The van der Waals surface area contributed by atoms with Gasteiger partial charge in [-0.2, -0.15) is 13.2 Å². The van der Waals surface area contributed by atoms with Crippen LogP contribution >= 0.6 is 0 Å². The number of aryl methyl sites for hydroxylation is 1. The van der Waals surface area contributed by atoms with Crippen molar-refractivity contribution < 1.29 is 22.5 Å². The molecule has 0 aromatic heterocycles. The molecule has 0 amide bonds. The molecule has 1 aromatic carbocycles. The maximum Gasteiger partial charge on any atom is 0.389 e. The van der Waals surface area contributed by atoms with Gasteiger partial charge in [0.2, 0.25) is 0 Å². The van der Waals surface area contributed by atoms with Crippen molar-refractivity contribution >= 4 is 11.4 Å². The van der Waals surface area contributed by atoms with E-state index in [1.165, 1.54) is 0 Å². The fraction of sp³-hybridized carbons (Fsp3) is 0.455. The molecule has 0 unspecified atom stereocenters. The molecule has 0 aliphatic heterocycles. The highest BCUT2D eigenvalue weighted by Gasteiger charge is 2.28. The molecule has 0 saturated carbocycles. The predicted molar refractivity (Wildman–Crippen MR) is 63.2 cm³/mol. The summed E-state index contributed by atoms with van der Waals surface area (Å²) < 4.78 is 48.8. The Morgan fingerprint density at radius 3 is 2.26 bits per heavy atom. The largest absolute Gasteiger partial charge is 0.393 e. The number of rotatable bonds is 3. The minimum atomic E-state index is -4.42. The van der Waals surface area contributed by atoms with Crippen molar-refractivity contribution in [1.82, 2.24) is 0 Å². The lowest BCUT2D eigenvalue weighted by molar-refractivity contribution is -0.384. The Bertz CT molecular complexity index is 447. The zero-order valence-corrected chi connectivity index (χ0v) is 10.4. The Morgan fingerprint density at radius 1 is 1.32 bits per heavy atom. The summed E-state index contributed by atoms with van der Waals surface area (Å²) in [5.74, 6) is -0.983. The van der Waals surface area contributed by atoms with Crippen molar-refractivity contribution in [2.75, 3.05) is 5.73 Å². The third-order valence-electron chi connectivity index (χ3n) is 2.08. The van der Waals surface area contributed by atoms with Crippen LogP contribution in [0.25, 0.3) is 0 Å². The van der Waals surface area contributed by atoms with Crippen LogP contribution in [0.1, 0.15) is 25.8 Å². The van der Waals surface area contributed by atoms with Crippen molar-refractivity contribution in [2.24, 2.45) is 0 Å². The minimum absolute atomic E-state index is 0.214. The van der Waals surface area contributed by atoms with Crippen LogP contribution in [0.2, 0.25) is 0 Å². The summed E-state index contributed by atoms with van der Waals surface area (Å²) in [5.41, 5.74) is 3.94. The standard InChI is InChI=1S/C9H8F4N2O2.C2H6/c10-6-3-5(1-2-9(11,12)13)8(14)7(4-6)15(16)17;1-2/h3-4H,1-2,14H2;1-2H3. The fourth-order valence-corrected chi connectivity index (χ4v) is 1.29. The van der Waals surface area contributed by atoms with Crippen LogP contribution < -0.4 is 5.73 Å². The summed E-state index contributed by atoms with van der Waals surface area (Å²) in [6, 6.07) is 1.35. The van der Waals surface area contributed by atoms with Gasteiger partial charge in [0, 0.05) is 6.42 Å². The van der Waals surface area contributed by atoms with Crippen LogP contribution in [-0.4, -0.2) is 11.1 Å². The van der Waals surface area contributed by atoms with E-state index in [9.17, 15) is 27.7 Å². The second-order valence-electron chi connectivity index (χ2n) is 3.37. The monoisotopic (exact) mass is 282 g/mol. The van der Waals surface area contributed by atoms with E-state index in [2.05, 4.69) is 0 Å². The van der Waals surface area contributed by atoms with Gasteiger partial charge < -0.3 is 5.73 Å². The van der Waals surface area contributed by atoms with Gasteiger partial charge in [0.15, 0.2) is 0 Å². The Labute approximate surface area is 107 Å². The number of hydrogen-bond donors (Lipinski definition) is 1. The summed E-state index contributed by atoms with van der Waals surface area (Å²) in [7, 11) is 0. The molecule has 0 saturated heterocycles. The maximum atomic E-state index is 12.9. The zero-order chi connectivity index (χ0) is 15.2. The normalized spacial score (nSPS) is 10.6. The van der Waals surface area contributed by atoms with Crippen molar-refractivity contribution in [3.8, 4) is 0 Å². The smallest absolute Gasteiger partial charge is 0.389 e. The van der Waals surface area contributed by atoms with Gasteiger partial charge in [0.05, 0.1) is 11.0 Å². The van der Waals surface area contributed by atoms with E-state index in [4.69, 9.17) is 5.73 Å². The Balaban J connectivity index is 0.00000154. The molecule has 0 spiro atoms. The Morgan fingerprint density at radius 2 is 1.84 bits per heavy atom. The number of nitrogens with two attached hydrogens (primary N) is 1. The first-order valence-electron chi connectivity index (χ1n) is 5.50. The van der Waals surface area contributed by atoms with Crippen LogP contribution in [-0.2, 0) is 6.42 Å². The average Bonchev–Trinajstić information content (AvgIpc) is 2.31. The molecule has 0 aliphatic carbocycles. The average molecular weight is 282 g/mol. The summed E-state index contributed by atoms with van der Waals surface area (Å²) in [6.45, 7) is 4.00. The van der Waals surface area contributed by atoms with E-state index in [0.29, 0.717) is 6.07 Å². The van der Waals surface area contributed by atoms with Crippen molar-refractivity contribution in [3.63, 3.8) is 0 Å². The molecule has 0 aliphatic rings. The molecule has 0 heterocycles. The lowest BCUT2D eigenvalue weighted by Crippen LogP contribution is -2.10. The molecule has 8 heteroatoms. The van der Waals surface area contributed by atoms with Crippen LogP contribution in [0, 0.1) is 15.9 Å². The zero-order valence-electron chi connectivity index (χ0n) is 10.4. The summed E-state index contributed by atoms with van der Waals surface area (Å²) in [6.07, 6.45) is -6.22. The summed E-state index contributed by atoms with van der Waals surface area (Å²) in [4.78, 5) is 9.53. The van der Waals surface area contributed by atoms with Crippen LogP contribution in [0.15, 0.2) is 12.1 Å². The van der Waals surface area contributed by atoms with E-state index >= 15 is 0 Å². The molecular weight excluding hydrogens is 268 g/mol. The van der Waals surface area contributed by atoms with Crippen molar-refractivity contribution in [1.29, 1.82) is 0 Å². The molecule has 1 aromatic rings. The molecule has 108 valence electrons. The molecule has 2 N–H and O–H groups in total. The van der Waals surface area contributed by atoms with Gasteiger partial charge in [-0.05, 0) is 18.1 Å². The highest BCUT2D eigenvalue weighted by atomic mass is 19.4. The van der Waals surface area contributed by atoms with Crippen LogP contribution in [0.4, 0.5) is 28.9 Å². The van der Waals surface area contributed by atoms with Crippen LogP contribution in [0.5, 0.6) is 0 Å². The minimum Gasteiger partial charge on any atom is -0.393 e. The van der Waals surface area contributed by atoms with Crippen molar-refractivity contribution in [2.45, 2.75) is 32.9 Å². The van der Waals surface area contributed by atoms with Gasteiger partial charge in [-0.25, -0.2) is 4.39 Å². The van der Waals surface area contributed by atoms with E-state index in [1.54, 1.807) is 0 Å². The summed E-state index contributed by atoms with van der Waals surface area (Å²) in [5, 5.41) is 10.5. The number of anilines is 1. The Hall–Kier alpha value is -1.86. The lowest BCUT2D eigenvalue weighted by Gasteiger charge is -2.08. The third kappa shape index (κ3) is 5.54. The summed E-state index contributed by atoms with van der Waals surface area (Å²) >= 11 is 0. The number of nitrogen functional groups attached to an aromatic ring is 1. The number of nitrogens with zero attached hydrogens (tertiary/aromatic N) is 1. The number of hydrogen-bond acceptors (Lipinski definition) is 3. The van der Waals surface area contributed by atoms with Gasteiger partial charge in [-0.1, -0.05) is 13.8 Å². The first-order chi connectivity index (χ1) is 8.70. The number of alkyl halides is 3. The van der Waals surface area contributed by atoms with Crippen molar-refractivity contribution in [3.05, 3.63) is 33.6 Å². The predicted octanol–water partition coefficient (Wildman–Crippen LogP) is 3.84. The van der Waals surface area contributed by atoms with Crippen LogP contribution in [0.3, 0.4) is 0 Å². The first kappa shape index (κ1) is 17.1. The first-order valence-corrected chi connectivity index (χ1v) is 5.50. The van der Waals surface area contributed by atoms with Gasteiger partial charge in [0.25, 0.3) is 5.69 Å². The molecule has 19 heavy (non-hydrogen) atoms. The highest BCUT2D eigenvalue weighted by molar-refractivity contribution is 5.63. The number of nitro benzene ring substituents is 1. The molecule has 0 atom stereocenters. The fourth-order valence-electron chi connectivity index (χ4n) is 1.29. The third-order valence-corrected chi connectivity index (χ3v) is 2.08. The number of halogens is 4. The molecule has 0 bridgehead atoms. The molecule has 1 rings (SSSR count). The molecule has 4 nitrogen and oxygen atoms in total. The molecule has 0 radical (unpaired) electrons. The maximum absolute atomic E-state index is 12.9. The Kier molecular flexibility index (Phi) is 6.23. The second kappa shape index (κ2) is 6.91. The van der Waals surface area contributed by atoms with E-state index < -0.39 is 41.1 Å². The molecule has 0 fully saturated rings. The second-order valence-corrected chi connectivity index (χ2v) is 3.37. The van der Waals surface area contributed by atoms with Gasteiger partial charge in [0.1, 0.15) is 11.5 Å². The molecular formula is C11H14F4N2O2. The number of nitro groups is 1. The van der Waals surface area contributed by atoms with Gasteiger partial charge in [-0.15, -0.1) is 0 Å². The quantitative estimate of drug-likeness (QED) is 0.396. The SMILES string of the molecule is CC.Nc1c(CCC(F)(F)F)cc(F)cc1[N+](=O)[O-]. The van der Waals surface area contributed by atoms with Gasteiger partial charge in [-0.3, -0.25) is 10.1 Å². The lowest BCUT2D eigenvalue weighted by atomic mass is 10.1. The topological polar surface area (TPSA) is 69.2 Å². The number of benzene rings is 1. The van der Waals surface area contributed by atoms with E-state index in [0.717, 1.165) is 6.07 Å². The highest BCUT2D eigenvalue weighted by Crippen LogP contribution is 2.30.